The van der Waals surface area contributed by atoms with Crippen LogP contribution in [-0.2, 0) is 21.4 Å². The summed E-state index contributed by atoms with van der Waals surface area (Å²) in [6.07, 6.45) is 4.07. The zero-order valence-corrected chi connectivity index (χ0v) is 15.7. The molecule has 0 amide bonds. The van der Waals surface area contributed by atoms with Gasteiger partial charge < -0.3 is 0 Å². The van der Waals surface area contributed by atoms with Crippen LogP contribution in [0.5, 0.6) is 0 Å². The standard InChI is InChI=1S/C7H10NO3S.C7H10N.H2I/c1-6-2-4-7(5-3-6)12(9,10)11-8;1-7-3-5-8(2)6-4-7;/h2-5H,1,8H3;3-6H,1-2H3;1H2/q3*+1. The third-order valence-corrected chi connectivity index (χ3v) is 3.77. The van der Waals surface area contributed by atoms with E-state index in [1.807, 2.05) is 30.9 Å². The number of pyridine rings is 1. The van der Waals surface area contributed by atoms with Crippen molar-refractivity contribution >= 4 is 10.1 Å². The van der Waals surface area contributed by atoms with Gasteiger partial charge in [0.25, 0.3) is 0 Å². The van der Waals surface area contributed by atoms with Crippen LogP contribution in [0.3, 0.4) is 0 Å². The van der Waals surface area contributed by atoms with Crippen LogP contribution in [-0.4, -0.2) is 8.42 Å². The van der Waals surface area contributed by atoms with Gasteiger partial charge in [0.2, 0.25) is 24.0 Å². The van der Waals surface area contributed by atoms with Gasteiger partial charge in [-0.3, -0.25) is 0 Å². The molecule has 0 bridgehead atoms. The second-order valence-corrected chi connectivity index (χ2v) is 6.04. The van der Waals surface area contributed by atoms with Crippen LogP contribution in [0.25, 0.3) is 0 Å². The summed E-state index contributed by atoms with van der Waals surface area (Å²) in [5.41, 5.74) is 2.31. The SMILES string of the molecule is Cc1cc[n+](C)cc1.Cc1ccc(S(=O)(=O)O[NH3+])cc1.[IH2+]. The number of rotatable bonds is 2. The Kier molecular flexibility index (Phi) is 8.64. The molecule has 2 aromatic rings. The number of aromatic nitrogens is 1. The fourth-order valence-corrected chi connectivity index (χ4v) is 1.95. The van der Waals surface area contributed by atoms with E-state index in [1.54, 1.807) is 12.1 Å². The van der Waals surface area contributed by atoms with Crippen molar-refractivity contribution in [1.82, 2.24) is 0 Å². The Morgan fingerprint density at radius 1 is 0.952 bits per heavy atom. The molecule has 0 saturated heterocycles. The number of benzene rings is 1. The molecule has 1 aromatic carbocycles. The van der Waals surface area contributed by atoms with Crippen LogP contribution in [0.15, 0.2) is 53.7 Å². The van der Waals surface area contributed by atoms with Gasteiger partial charge in [0, 0.05) is 12.1 Å². The fraction of sp³-hybridized carbons (Fsp3) is 0.214. The van der Waals surface area contributed by atoms with Crippen molar-refractivity contribution in [3.8, 4) is 0 Å². The smallest absolute Gasteiger partial charge is 0.208 e. The molecule has 5 nitrogen and oxygen atoms in total. The summed E-state index contributed by atoms with van der Waals surface area (Å²) in [7, 11) is -1.61. The molecule has 0 atom stereocenters. The van der Waals surface area contributed by atoms with Gasteiger partial charge in [-0.15, -0.1) is 0 Å². The molecular formula is C14H22IN2O3S+3. The molecule has 0 aliphatic carbocycles. The van der Waals surface area contributed by atoms with Crippen LogP contribution in [0, 0.1) is 13.8 Å². The minimum absolute atomic E-state index is 0. The minimum atomic E-state index is -3.63. The molecule has 0 saturated carbocycles. The summed E-state index contributed by atoms with van der Waals surface area (Å²) in [4.78, 5) is 0.128. The van der Waals surface area contributed by atoms with E-state index in [2.05, 4.69) is 29.2 Å². The van der Waals surface area contributed by atoms with E-state index >= 15 is 0 Å². The Hall–Kier alpha value is -1.03. The zero-order chi connectivity index (χ0) is 15.2. The molecule has 2 rings (SSSR count). The van der Waals surface area contributed by atoms with E-state index in [-0.39, 0.29) is 28.9 Å². The van der Waals surface area contributed by atoms with Gasteiger partial charge in [-0.25, -0.2) is 4.57 Å². The van der Waals surface area contributed by atoms with E-state index < -0.39 is 10.1 Å². The molecule has 0 aliphatic rings. The van der Waals surface area contributed by atoms with Gasteiger partial charge in [-0.1, -0.05) is 22.0 Å². The molecular weight excluding hydrogens is 403 g/mol. The molecule has 3 N–H and O–H groups in total. The van der Waals surface area contributed by atoms with Gasteiger partial charge in [-0.05, 0) is 31.5 Å². The number of halogens is 1. The molecule has 21 heavy (non-hydrogen) atoms. The summed E-state index contributed by atoms with van der Waals surface area (Å²) in [5.74, 6) is 2.87. The highest BCUT2D eigenvalue weighted by atomic mass is 127. The topological polar surface area (TPSA) is 74.9 Å². The van der Waals surface area contributed by atoms with Crippen molar-refractivity contribution in [2.24, 2.45) is 7.05 Å². The number of aryl methyl sites for hydroxylation is 3. The predicted octanol–water partition coefficient (Wildman–Crippen LogP) is -2.85. The maximum absolute atomic E-state index is 11.0. The van der Waals surface area contributed by atoms with Gasteiger partial charge in [0.1, 0.15) is 7.05 Å². The summed E-state index contributed by atoms with van der Waals surface area (Å²) in [6.45, 7) is 3.96. The maximum Gasteiger partial charge on any atom is 0.342 e. The Morgan fingerprint density at radius 2 is 1.38 bits per heavy atom. The van der Waals surface area contributed by atoms with E-state index in [9.17, 15) is 8.42 Å². The largest absolute Gasteiger partial charge is 0.342 e. The lowest BCUT2D eigenvalue weighted by molar-refractivity contribution is -0.671. The number of nitrogens with zero attached hydrogens (tertiary/aromatic N) is 1. The van der Waals surface area contributed by atoms with Crippen LogP contribution in [0.1, 0.15) is 11.1 Å². The monoisotopic (exact) mass is 425 g/mol. The Balaban J connectivity index is 0.000000390. The quantitative estimate of drug-likeness (QED) is 0.320. The molecule has 7 heteroatoms. The first-order valence-corrected chi connectivity index (χ1v) is 7.43. The number of hydrogen-bond donors (Lipinski definition) is 1. The van der Waals surface area contributed by atoms with E-state index in [0.717, 1.165) is 5.56 Å². The van der Waals surface area contributed by atoms with Crippen molar-refractivity contribution in [3.63, 3.8) is 0 Å². The predicted molar refractivity (Wildman–Crippen MR) is 77.5 cm³/mol. The third kappa shape index (κ3) is 6.98. The molecule has 116 valence electrons. The van der Waals surface area contributed by atoms with Crippen molar-refractivity contribution in [1.29, 1.82) is 0 Å². The lowest BCUT2D eigenvalue weighted by Crippen LogP contribution is -3.00. The van der Waals surface area contributed by atoms with Crippen molar-refractivity contribution in [2.75, 3.05) is 0 Å². The normalized spacial score (nSPS) is 10.1. The lowest BCUT2D eigenvalue weighted by atomic mass is 10.2. The van der Waals surface area contributed by atoms with Crippen LogP contribution >= 0.6 is 0 Å². The van der Waals surface area contributed by atoms with Gasteiger partial charge in [0.05, 0.1) is 4.90 Å². The van der Waals surface area contributed by atoms with E-state index in [1.165, 1.54) is 17.7 Å². The van der Waals surface area contributed by atoms with Crippen LogP contribution < -0.4 is 34.4 Å². The van der Waals surface area contributed by atoms with Gasteiger partial charge >= 0.3 is 10.1 Å². The van der Waals surface area contributed by atoms with E-state index in [4.69, 9.17) is 0 Å². The first-order chi connectivity index (χ1) is 9.35. The minimum Gasteiger partial charge on any atom is -0.208 e. The van der Waals surface area contributed by atoms with Crippen molar-refractivity contribution in [2.45, 2.75) is 18.7 Å². The van der Waals surface area contributed by atoms with Gasteiger partial charge in [-0.2, -0.15) is 14.3 Å². The molecule has 0 aliphatic heterocycles. The zero-order valence-electron chi connectivity index (χ0n) is 12.4. The Labute approximate surface area is 142 Å². The highest BCUT2D eigenvalue weighted by molar-refractivity contribution is 7.86. The van der Waals surface area contributed by atoms with Crippen molar-refractivity contribution in [3.05, 3.63) is 59.9 Å². The summed E-state index contributed by atoms with van der Waals surface area (Å²) >= 11 is 0. The molecule has 0 spiro atoms. The molecule has 0 radical (unpaired) electrons. The second-order valence-electron chi connectivity index (χ2n) is 4.43. The Bertz CT molecular complexity index is 620. The number of hydrogen-bond acceptors (Lipinski definition) is 3. The van der Waals surface area contributed by atoms with Crippen LogP contribution in [0.2, 0.25) is 0 Å². The Morgan fingerprint density at radius 3 is 1.76 bits per heavy atom. The lowest BCUT2D eigenvalue weighted by Gasteiger charge is -1.97. The molecule has 0 fully saturated rings. The van der Waals surface area contributed by atoms with E-state index in [0.29, 0.717) is 0 Å². The maximum atomic E-state index is 11.0. The van der Waals surface area contributed by atoms with Gasteiger partial charge in [0.15, 0.2) is 12.4 Å². The number of quaternary nitrogens is 1. The van der Waals surface area contributed by atoms with Crippen LogP contribution in [0.4, 0.5) is 0 Å². The first kappa shape index (κ1) is 20.0. The third-order valence-electron chi connectivity index (χ3n) is 2.61. The highest BCUT2D eigenvalue weighted by Crippen LogP contribution is 2.10. The molecule has 0 unspecified atom stereocenters. The average molecular weight is 425 g/mol. The highest BCUT2D eigenvalue weighted by Gasteiger charge is 2.14. The fourth-order valence-electron chi connectivity index (χ4n) is 1.35. The average Bonchev–Trinajstić information content (AvgIpc) is 2.43. The molecule has 1 aromatic heterocycles. The summed E-state index contributed by atoms with van der Waals surface area (Å²) < 4.78 is 28.2. The summed E-state index contributed by atoms with van der Waals surface area (Å²) in [5, 5.41) is 0. The second kappa shape index (κ2) is 9.08. The van der Waals surface area contributed by atoms with Crippen molar-refractivity contribution < 1.29 is 47.1 Å². The summed E-state index contributed by atoms with van der Waals surface area (Å²) in [6, 6.07) is 10.5. The molecule has 1 heterocycles. The first-order valence-electron chi connectivity index (χ1n) is 6.02.